The molecule has 0 unspecified atom stereocenters. The van der Waals surface area contributed by atoms with Gasteiger partial charge in [-0.25, -0.2) is 0 Å². The Morgan fingerprint density at radius 2 is 2.00 bits per heavy atom. The highest BCUT2D eigenvalue weighted by molar-refractivity contribution is 7.80. The van der Waals surface area contributed by atoms with E-state index in [0.717, 1.165) is 30.0 Å². The number of amides is 1. The molecule has 8 heteroatoms. The number of para-hydroxylation sites is 1. The Morgan fingerprint density at radius 3 is 2.75 bits per heavy atom. The molecule has 28 heavy (non-hydrogen) atoms. The highest BCUT2D eigenvalue weighted by atomic mass is 35.5. The van der Waals surface area contributed by atoms with Crippen molar-refractivity contribution in [2.75, 3.05) is 43.1 Å². The molecule has 2 N–H and O–H groups in total. The third kappa shape index (κ3) is 5.58. The van der Waals surface area contributed by atoms with Crippen LogP contribution in [-0.2, 0) is 9.53 Å². The Labute approximate surface area is 174 Å². The van der Waals surface area contributed by atoms with E-state index in [2.05, 4.69) is 15.5 Å². The van der Waals surface area contributed by atoms with E-state index in [4.69, 9.17) is 33.3 Å². The SMILES string of the molecule is Cc1ccccc1OCC(=O)NC(=S)Nc1cc(Cl)ccc1N1CCOCC1. The molecule has 1 aliphatic heterocycles. The van der Waals surface area contributed by atoms with Crippen LogP contribution in [-0.4, -0.2) is 43.9 Å². The van der Waals surface area contributed by atoms with E-state index in [0.29, 0.717) is 24.0 Å². The van der Waals surface area contributed by atoms with Crippen LogP contribution in [0.15, 0.2) is 42.5 Å². The highest BCUT2D eigenvalue weighted by Crippen LogP contribution is 2.29. The quantitative estimate of drug-likeness (QED) is 0.724. The number of carbonyl (C=O) groups excluding carboxylic acids is 1. The lowest BCUT2D eigenvalue weighted by Gasteiger charge is -2.30. The molecule has 0 radical (unpaired) electrons. The third-order valence-electron chi connectivity index (χ3n) is 4.26. The Hall–Kier alpha value is -2.35. The van der Waals surface area contributed by atoms with Crippen LogP contribution in [0.25, 0.3) is 0 Å². The Bertz CT molecular complexity index is 856. The van der Waals surface area contributed by atoms with Crippen molar-refractivity contribution in [2.24, 2.45) is 0 Å². The number of hydrogen-bond donors (Lipinski definition) is 2. The zero-order chi connectivity index (χ0) is 19.9. The minimum absolute atomic E-state index is 0.126. The average Bonchev–Trinajstić information content (AvgIpc) is 2.68. The molecule has 6 nitrogen and oxygen atoms in total. The Kier molecular flexibility index (Phi) is 7.08. The number of rotatable bonds is 5. The molecule has 2 aromatic rings. The van der Waals surface area contributed by atoms with Crippen molar-refractivity contribution >= 4 is 46.2 Å². The van der Waals surface area contributed by atoms with Crippen molar-refractivity contribution in [3.8, 4) is 5.75 Å². The predicted octanol–water partition coefficient (Wildman–Crippen LogP) is 3.38. The standard InChI is InChI=1S/C20H22ClN3O3S/c1-14-4-2-3-5-18(14)27-13-19(25)23-20(28)22-16-12-15(21)6-7-17(16)24-8-10-26-11-9-24/h2-7,12H,8-11,13H2,1H3,(H2,22,23,25,28). The van der Waals surface area contributed by atoms with Crippen LogP contribution >= 0.6 is 23.8 Å². The third-order valence-corrected chi connectivity index (χ3v) is 4.70. The summed E-state index contributed by atoms with van der Waals surface area (Å²) in [7, 11) is 0. The van der Waals surface area contributed by atoms with Gasteiger partial charge in [-0.05, 0) is 49.0 Å². The molecule has 0 aromatic heterocycles. The Morgan fingerprint density at radius 1 is 1.25 bits per heavy atom. The van der Waals surface area contributed by atoms with Gasteiger partial charge in [0.05, 0.1) is 24.6 Å². The van der Waals surface area contributed by atoms with E-state index >= 15 is 0 Å². The lowest BCUT2D eigenvalue weighted by atomic mass is 10.2. The summed E-state index contributed by atoms with van der Waals surface area (Å²) in [6.45, 7) is 4.68. The minimum Gasteiger partial charge on any atom is -0.483 e. The van der Waals surface area contributed by atoms with E-state index < -0.39 is 0 Å². The number of morpholine rings is 1. The van der Waals surface area contributed by atoms with Crippen LogP contribution in [0.3, 0.4) is 0 Å². The van der Waals surface area contributed by atoms with Gasteiger partial charge in [0, 0.05) is 18.1 Å². The summed E-state index contributed by atoms with van der Waals surface area (Å²) < 4.78 is 11.0. The number of aryl methyl sites for hydroxylation is 1. The van der Waals surface area contributed by atoms with Gasteiger partial charge in [0.1, 0.15) is 5.75 Å². The Balaban J connectivity index is 1.59. The second-order valence-corrected chi connectivity index (χ2v) is 7.16. The van der Waals surface area contributed by atoms with E-state index in [9.17, 15) is 4.79 Å². The van der Waals surface area contributed by atoms with Crippen molar-refractivity contribution in [3.05, 3.63) is 53.1 Å². The largest absolute Gasteiger partial charge is 0.483 e. The number of nitrogens with one attached hydrogen (secondary N) is 2. The summed E-state index contributed by atoms with van der Waals surface area (Å²) in [4.78, 5) is 14.4. The van der Waals surface area contributed by atoms with Gasteiger partial charge in [-0.2, -0.15) is 0 Å². The van der Waals surface area contributed by atoms with Crippen molar-refractivity contribution in [1.29, 1.82) is 0 Å². The molecule has 3 rings (SSSR count). The molecule has 1 amide bonds. The molecule has 2 aromatic carbocycles. The van der Waals surface area contributed by atoms with Crippen LogP contribution < -0.4 is 20.3 Å². The number of hydrogen-bond acceptors (Lipinski definition) is 5. The number of benzene rings is 2. The number of nitrogens with zero attached hydrogens (tertiary/aromatic N) is 1. The van der Waals surface area contributed by atoms with Crippen LogP contribution in [0.5, 0.6) is 5.75 Å². The van der Waals surface area contributed by atoms with E-state index in [1.807, 2.05) is 43.3 Å². The minimum atomic E-state index is -0.337. The van der Waals surface area contributed by atoms with Crippen LogP contribution in [0, 0.1) is 6.92 Å². The van der Waals surface area contributed by atoms with E-state index in [-0.39, 0.29) is 17.6 Å². The summed E-state index contributed by atoms with van der Waals surface area (Å²) in [5, 5.41) is 6.47. The van der Waals surface area contributed by atoms with Crippen LogP contribution in [0.2, 0.25) is 5.02 Å². The first-order valence-corrected chi connectivity index (χ1v) is 9.73. The first-order chi connectivity index (χ1) is 13.5. The highest BCUT2D eigenvalue weighted by Gasteiger charge is 2.16. The second-order valence-electron chi connectivity index (χ2n) is 6.32. The molecule has 0 spiro atoms. The maximum atomic E-state index is 12.2. The number of halogens is 1. The smallest absolute Gasteiger partial charge is 0.264 e. The van der Waals surface area contributed by atoms with Gasteiger partial charge in [-0.15, -0.1) is 0 Å². The van der Waals surface area contributed by atoms with Gasteiger partial charge in [-0.1, -0.05) is 29.8 Å². The van der Waals surface area contributed by atoms with Crippen molar-refractivity contribution in [1.82, 2.24) is 5.32 Å². The summed E-state index contributed by atoms with van der Waals surface area (Å²) in [5.74, 6) is 0.330. The normalized spacial score (nSPS) is 13.7. The van der Waals surface area contributed by atoms with Crippen molar-refractivity contribution in [3.63, 3.8) is 0 Å². The van der Waals surface area contributed by atoms with E-state index in [1.165, 1.54) is 0 Å². The van der Waals surface area contributed by atoms with Gasteiger partial charge in [0.15, 0.2) is 11.7 Å². The van der Waals surface area contributed by atoms with Crippen molar-refractivity contribution in [2.45, 2.75) is 6.92 Å². The maximum Gasteiger partial charge on any atom is 0.264 e. The maximum absolute atomic E-state index is 12.2. The first kappa shape index (κ1) is 20.4. The molecular weight excluding hydrogens is 398 g/mol. The first-order valence-electron chi connectivity index (χ1n) is 8.94. The zero-order valence-electron chi connectivity index (χ0n) is 15.5. The predicted molar refractivity (Wildman–Crippen MR) is 116 cm³/mol. The number of anilines is 2. The molecule has 0 saturated carbocycles. The number of carbonyl (C=O) groups is 1. The summed E-state index contributed by atoms with van der Waals surface area (Å²) in [5.41, 5.74) is 2.66. The molecule has 1 heterocycles. The number of thiocarbonyl (C=S) groups is 1. The fraction of sp³-hybridized carbons (Fsp3) is 0.300. The van der Waals surface area contributed by atoms with Gasteiger partial charge in [0.25, 0.3) is 5.91 Å². The van der Waals surface area contributed by atoms with Crippen LogP contribution in [0.1, 0.15) is 5.56 Å². The summed E-state index contributed by atoms with van der Waals surface area (Å²) in [6, 6.07) is 13.1. The van der Waals surface area contributed by atoms with E-state index in [1.54, 1.807) is 6.07 Å². The molecule has 148 valence electrons. The van der Waals surface area contributed by atoms with Gasteiger partial charge < -0.3 is 19.7 Å². The molecule has 0 bridgehead atoms. The van der Waals surface area contributed by atoms with Gasteiger partial charge in [-0.3, -0.25) is 10.1 Å². The lowest BCUT2D eigenvalue weighted by Crippen LogP contribution is -2.39. The molecule has 0 atom stereocenters. The van der Waals surface area contributed by atoms with Crippen LogP contribution in [0.4, 0.5) is 11.4 Å². The zero-order valence-corrected chi connectivity index (χ0v) is 17.1. The fourth-order valence-corrected chi connectivity index (χ4v) is 3.26. The lowest BCUT2D eigenvalue weighted by molar-refractivity contribution is -0.121. The molecular formula is C20H22ClN3O3S. The van der Waals surface area contributed by atoms with Gasteiger partial charge >= 0.3 is 0 Å². The number of ether oxygens (including phenoxy) is 2. The summed E-state index contributed by atoms with van der Waals surface area (Å²) >= 11 is 11.4. The van der Waals surface area contributed by atoms with Gasteiger partial charge in [0.2, 0.25) is 0 Å². The molecule has 1 saturated heterocycles. The monoisotopic (exact) mass is 419 g/mol. The molecule has 0 aliphatic carbocycles. The fourth-order valence-electron chi connectivity index (χ4n) is 2.87. The van der Waals surface area contributed by atoms with Crippen molar-refractivity contribution < 1.29 is 14.3 Å². The second kappa shape index (κ2) is 9.73. The molecule has 1 fully saturated rings. The summed E-state index contributed by atoms with van der Waals surface area (Å²) in [6.07, 6.45) is 0. The molecule has 1 aliphatic rings. The topological polar surface area (TPSA) is 62.8 Å². The average molecular weight is 420 g/mol.